The summed E-state index contributed by atoms with van der Waals surface area (Å²) in [6, 6.07) is 7.82. The van der Waals surface area contributed by atoms with Gasteiger partial charge in [-0.05, 0) is 25.1 Å². The number of hydrogen-bond acceptors (Lipinski definition) is 5. The number of carbonyl (C=O) groups excluding carboxylic acids is 1. The monoisotopic (exact) mass is 316 g/mol. The number of nitro groups is 1. The first kappa shape index (κ1) is 15.2. The van der Waals surface area contributed by atoms with Crippen LogP contribution in [0.1, 0.15) is 16.1 Å². The maximum absolute atomic E-state index is 12.5. The first-order chi connectivity index (χ1) is 11.1. The average Bonchev–Trinajstić information content (AvgIpc) is 2.97. The quantitative estimate of drug-likeness (QED) is 0.642. The summed E-state index contributed by atoms with van der Waals surface area (Å²) in [5, 5.41) is 10.7. The standard InChI is InChI=1S/C16H16N2O5/c1-11-10-14(12-2-4-13(5-3-12)18(20)21)23-15(11)16(19)17-6-8-22-9-7-17/h2-5,10H,6-9H2,1H3. The number of non-ortho nitro benzene ring substituents is 1. The lowest BCUT2D eigenvalue weighted by Crippen LogP contribution is -2.40. The highest BCUT2D eigenvalue weighted by atomic mass is 16.6. The molecule has 120 valence electrons. The molecule has 0 aliphatic carbocycles. The van der Waals surface area contributed by atoms with Crippen LogP contribution >= 0.6 is 0 Å². The zero-order valence-electron chi connectivity index (χ0n) is 12.7. The maximum Gasteiger partial charge on any atom is 0.290 e. The van der Waals surface area contributed by atoms with Crippen molar-refractivity contribution in [3.8, 4) is 11.3 Å². The van der Waals surface area contributed by atoms with Gasteiger partial charge in [0.25, 0.3) is 11.6 Å². The van der Waals surface area contributed by atoms with Crippen LogP contribution in [0.2, 0.25) is 0 Å². The molecule has 0 saturated carbocycles. The molecule has 1 aliphatic heterocycles. The van der Waals surface area contributed by atoms with E-state index in [0.29, 0.717) is 43.4 Å². The lowest BCUT2D eigenvalue weighted by molar-refractivity contribution is -0.384. The highest BCUT2D eigenvalue weighted by Crippen LogP contribution is 2.28. The van der Waals surface area contributed by atoms with E-state index in [4.69, 9.17) is 9.15 Å². The van der Waals surface area contributed by atoms with E-state index >= 15 is 0 Å². The van der Waals surface area contributed by atoms with Crippen molar-refractivity contribution in [2.45, 2.75) is 6.92 Å². The number of morpholine rings is 1. The molecule has 7 heteroatoms. The fraction of sp³-hybridized carbons (Fsp3) is 0.312. The molecule has 7 nitrogen and oxygen atoms in total. The van der Waals surface area contributed by atoms with Crippen LogP contribution in [-0.2, 0) is 4.74 Å². The molecule has 1 aliphatic rings. The van der Waals surface area contributed by atoms with Gasteiger partial charge in [-0.1, -0.05) is 0 Å². The zero-order valence-corrected chi connectivity index (χ0v) is 12.7. The number of carbonyl (C=O) groups is 1. The van der Waals surface area contributed by atoms with E-state index in [1.807, 2.05) is 6.92 Å². The highest BCUT2D eigenvalue weighted by Gasteiger charge is 2.24. The summed E-state index contributed by atoms with van der Waals surface area (Å²) in [5.41, 5.74) is 1.45. The molecule has 3 rings (SSSR count). The van der Waals surface area contributed by atoms with Crippen molar-refractivity contribution >= 4 is 11.6 Å². The molecule has 2 aromatic rings. The first-order valence-electron chi connectivity index (χ1n) is 7.28. The van der Waals surface area contributed by atoms with Crippen LogP contribution in [0.5, 0.6) is 0 Å². The van der Waals surface area contributed by atoms with Crippen molar-refractivity contribution in [1.29, 1.82) is 0 Å². The number of aryl methyl sites for hydroxylation is 1. The second-order valence-electron chi connectivity index (χ2n) is 5.33. The Morgan fingerprint density at radius 3 is 2.48 bits per heavy atom. The Morgan fingerprint density at radius 2 is 1.87 bits per heavy atom. The third kappa shape index (κ3) is 3.09. The summed E-state index contributed by atoms with van der Waals surface area (Å²) in [7, 11) is 0. The first-order valence-corrected chi connectivity index (χ1v) is 7.28. The Kier molecular flexibility index (Phi) is 4.12. The molecule has 0 spiro atoms. The average molecular weight is 316 g/mol. The largest absolute Gasteiger partial charge is 0.451 e. The van der Waals surface area contributed by atoms with E-state index in [2.05, 4.69) is 0 Å². The van der Waals surface area contributed by atoms with Gasteiger partial charge in [0.05, 0.1) is 18.1 Å². The summed E-state index contributed by atoms with van der Waals surface area (Å²) in [6.07, 6.45) is 0. The smallest absolute Gasteiger partial charge is 0.290 e. The fourth-order valence-corrected chi connectivity index (χ4v) is 2.49. The van der Waals surface area contributed by atoms with Gasteiger partial charge >= 0.3 is 0 Å². The molecule has 1 aromatic heterocycles. The summed E-state index contributed by atoms with van der Waals surface area (Å²) in [4.78, 5) is 24.4. The third-order valence-electron chi connectivity index (χ3n) is 3.77. The highest BCUT2D eigenvalue weighted by molar-refractivity contribution is 5.93. The van der Waals surface area contributed by atoms with Crippen molar-refractivity contribution in [3.63, 3.8) is 0 Å². The molecular formula is C16H16N2O5. The summed E-state index contributed by atoms with van der Waals surface area (Å²) in [6.45, 7) is 3.96. The number of benzene rings is 1. The molecule has 0 bridgehead atoms. The van der Waals surface area contributed by atoms with Gasteiger partial charge in [0.1, 0.15) is 5.76 Å². The van der Waals surface area contributed by atoms with Crippen molar-refractivity contribution in [3.05, 3.63) is 51.8 Å². The van der Waals surface area contributed by atoms with Crippen LogP contribution in [-0.4, -0.2) is 42.0 Å². The summed E-state index contributed by atoms with van der Waals surface area (Å²) in [5.74, 6) is 0.674. The van der Waals surface area contributed by atoms with E-state index in [9.17, 15) is 14.9 Å². The Bertz CT molecular complexity index is 729. The number of amides is 1. The summed E-state index contributed by atoms with van der Waals surface area (Å²) >= 11 is 0. The molecule has 23 heavy (non-hydrogen) atoms. The Hall–Kier alpha value is -2.67. The van der Waals surface area contributed by atoms with E-state index in [0.717, 1.165) is 5.56 Å². The van der Waals surface area contributed by atoms with E-state index in [-0.39, 0.29) is 11.6 Å². The van der Waals surface area contributed by atoms with Crippen LogP contribution in [0.15, 0.2) is 34.7 Å². The number of hydrogen-bond donors (Lipinski definition) is 0. The number of furan rings is 1. The Balaban J connectivity index is 1.85. The zero-order chi connectivity index (χ0) is 16.4. The Morgan fingerprint density at radius 1 is 1.22 bits per heavy atom. The molecule has 0 radical (unpaired) electrons. The van der Waals surface area contributed by atoms with Crippen molar-refractivity contribution < 1.29 is 18.9 Å². The van der Waals surface area contributed by atoms with E-state index in [1.165, 1.54) is 12.1 Å². The maximum atomic E-state index is 12.5. The minimum absolute atomic E-state index is 0.0154. The van der Waals surface area contributed by atoms with Crippen LogP contribution in [0.3, 0.4) is 0 Å². The van der Waals surface area contributed by atoms with Crippen LogP contribution in [0.4, 0.5) is 5.69 Å². The van der Waals surface area contributed by atoms with Crippen molar-refractivity contribution in [2.24, 2.45) is 0 Å². The van der Waals surface area contributed by atoms with Gasteiger partial charge in [-0.3, -0.25) is 14.9 Å². The minimum Gasteiger partial charge on any atom is -0.451 e. The lowest BCUT2D eigenvalue weighted by Gasteiger charge is -2.26. The van der Waals surface area contributed by atoms with Gasteiger partial charge in [-0.2, -0.15) is 0 Å². The Labute approximate surface area is 132 Å². The number of nitro benzene ring substituents is 1. The molecule has 1 saturated heterocycles. The summed E-state index contributed by atoms with van der Waals surface area (Å²) < 4.78 is 11.0. The minimum atomic E-state index is -0.454. The van der Waals surface area contributed by atoms with Gasteiger partial charge in [0.15, 0.2) is 5.76 Å². The molecule has 0 atom stereocenters. The van der Waals surface area contributed by atoms with Gasteiger partial charge in [-0.15, -0.1) is 0 Å². The predicted octanol–water partition coefficient (Wildman–Crippen LogP) is 2.64. The molecular weight excluding hydrogens is 300 g/mol. The lowest BCUT2D eigenvalue weighted by atomic mass is 10.1. The number of rotatable bonds is 3. The number of nitrogens with zero attached hydrogens (tertiary/aromatic N) is 2. The third-order valence-corrected chi connectivity index (χ3v) is 3.77. The van der Waals surface area contributed by atoms with Crippen LogP contribution in [0.25, 0.3) is 11.3 Å². The van der Waals surface area contributed by atoms with Crippen molar-refractivity contribution in [1.82, 2.24) is 4.90 Å². The topological polar surface area (TPSA) is 85.8 Å². The van der Waals surface area contributed by atoms with Crippen molar-refractivity contribution in [2.75, 3.05) is 26.3 Å². The van der Waals surface area contributed by atoms with Gasteiger partial charge in [-0.25, -0.2) is 0 Å². The number of ether oxygens (including phenoxy) is 1. The van der Waals surface area contributed by atoms with Crippen LogP contribution in [0, 0.1) is 17.0 Å². The van der Waals surface area contributed by atoms with Gasteiger partial charge < -0.3 is 14.1 Å². The fourth-order valence-electron chi connectivity index (χ4n) is 2.49. The van der Waals surface area contributed by atoms with Gasteiger partial charge in [0, 0.05) is 36.3 Å². The molecule has 1 aromatic carbocycles. The second kappa shape index (κ2) is 6.21. The molecule has 1 amide bonds. The van der Waals surface area contributed by atoms with E-state index in [1.54, 1.807) is 23.1 Å². The van der Waals surface area contributed by atoms with Crippen LogP contribution < -0.4 is 0 Å². The SMILES string of the molecule is Cc1cc(-c2ccc([N+](=O)[O-])cc2)oc1C(=O)N1CCOCC1. The normalized spacial score (nSPS) is 14.7. The second-order valence-corrected chi connectivity index (χ2v) is 5.33. The molecule has 1 fully saturated rings. The van der Waals surface area contributed by atoms with Gasteiger partial charge in [0.2, 0.25) is 0 Å². The molecule has 0 N–H and O–H groups in total. The molecule has 2 heterocycles. The van der Waals surface area contributed by atoms with E-state index < -0.39 is 4.92 Å². The molecule has 0 unspecified atom stereocenters. The predicted molar refractivity (Wildman–Crippen MR) is 82.3 cm³/mol.